The van der Waals surface area contributed by atoms with Gasteiger partial charge in [0.1, 0.15) is 13.2 Å². The Bertz CT molecular complexity index is 496. The van der Waals surface area contributed by atoms with Gasteiger partial charge in [0.05, 0.1) is 0 Å². The number of ether oxygens (including phenoxy) is 2. The highest BCUT2D eigenvalue weighted by Crippen LogP contribution is 2.36. The van der Waals surface area contributed by atoms with Gasteiger partial charge in [-0.1, -0.05) is 12.5 Å². The number of hydrogen-bond donors (Lipinski definition) is 1. The molecule has 2 aliphatic rings. The number of likely N-dealkylation sites (tertiary alicyclic amines) is 1. The van der Waals surface area contributed by atoms with Crippen LogP contribution >= 0.6 is 0 Å². The fraction of sp³-hybridized carbons (Fsp3) is 0.647. The van der Waals surface area contributed by atoms with Crippen molar-refractivity contribution < 1.29 is 9.47 Å². The maximum atomic E-state index is 6.60. The smallest absolute Gasteiger partial charge is 0.161 e. The van der Waals surface area contributed by atoms with E-state index in [1.807, 2.05) is 12.1 Å². The van der Waals surface area contributed by atoms with Crippen molar-refractivity contribution >= 4 is 0 Å². The molecule has 0 radical (unpaired) electrons. The molecule has 1 aromatic carbocycles. The summed E-state index contributed by atoms with van der Waals surface area (Å²) in [6.45, 7) is 8.02. The molecule has 0 aromatic heterocycles. The molecule has 0 bridgehead atoms. The van der Waals surface area contributed by atoms with Gasteiger partial charge in [0.2, 0.25) is 0 Å². The topological polar surface area (TPSA) is 47.7 Å². The molecule has 0 amide bonds. The van der Waals surface area contributed by atoms with E-state index in [9.17, 15) is 0 Å². The first-order chi connectivity index (χ1) is 10.1. The molecular weight excluding hydrogens is 264 g/mol. The van der Waals surface area contributed by atoms with Crippen LogP contribution in [-0.2, 0) is 0 Å². The Labute approximate surface area is 127 Å². The fourth-order valence-corrected chi connectivity index (χ4v) is 3.33. The second-order valence-corrected chi connectivity index (χ2v) is 6.58. The Kier molecular flexibility index (Phi) is 4.09. The van der Waals surface area contributed by atoms with Crippen LogP contribution in [0.2, 0.25) is 0 Å². The predicted molar refractivity (Wildman–Crippen MR) is 83.9 cm³/mol. The summed E-state index contributed by atoms with van der Waals surface area (Å²) in [5, 5.41) is 0. The molecule has 4 heteroatoms. The second kappa shape index (κ2) is 5.85. The Morgan fingerprint density at radius 3 is 2.43 bits per heavy atom. The largest absolute Gasteiger partial charge is 0.486 e. The summed E-state index contributed by atoms with van der Waals surface area (Å²) < 4.78 is 11.3. The number of rotatable bonds is 3. The van der Waals surface area contributed by atoms with Crippen molar-refractivity contribution in [3.8, 4) is 11.5 Å². The van der Waals surface area contributed by atoms with Gasteiger partial charge < -0.3 is 15.2 Å². The quantitative estimate of drug-likeness (QED) is 0.930. The zero-order chi connectivity index (χ0) is 14.9. The Morgan fingerprint density at radius 1 is 1.05 bits per heavy atom. The fourth-order valence-electron chi connectivity index (χ4n) is 3.33. The van der Waals surface area contributed by atoms with Gasteiger partial charge in [-0.2, -0.15) is 0 Å². The molecular formula is C17H26N2O2. The SMILES string of the molecule is CC(C)(C(N)c1ccc2c(c1)OCCO2)N1CCCCC1. The van der Waals surface area contributed by atoms with E-state index in [4.69, 9.17) is 15.2 Å². The third kappa shape index (κ3) is 2.87. The van der Waals surface area contributed by atoms with Crippen LogP contribution in [0.25, 0.3) is 0 Å². The van der Waals surface area contributed by atoms with Crippen LogP contribution in [0.15, 0.2) is 18.2 Å². The van der Waals surface area contributed by atoms with Crippen molar-refractivity contribution in [2.75, 3.05) is 26.3 Å². The number of nitrogens with two attached hydrogens (primary N) is 1. The molecule has 1 fully saturated rings. The molecule has 0 saturated carbocycles. The summed E-state index contributed by atoms with van der Waals surface area (Å²) in [5.41, 5.74) is 7.67. The molecule has 2 N–H and O–H groups in total. The van der Waals surface area contributed by atoms with E-state index in [0.29, 0.717) is 13.2 Å². The van der Waals surface area contributed by atoms with Gasteiger partial charge in [-0.25, -0.2) is 0 Å². The van der Waals surface area contributed by atoms with Gasteiger partial charge in [-0.15, -0.1) is 0 Å². The summed E-state index contributed by atoms with van der Waals surface area (Å²) in [6, 6.07) is 6.07. The van der Waals surface area contributed by atoms with Gasteiger partial charge in [-0.3, -0.25) is 4.90 Å². The molecule has 4 nitrogen and oxygen atoms in total. The Morgan fingerprint density at radius 2 is 1.71 bits per heavy atom. The molecule has 1 aromatic rings. The van der Waals surface area contributed by atoms with E-state index >= 15 is 0 Å². The molecule has 0 aliphatic carbocycles. The molecule has 1 saturated heterocycles. The van der Waals surface area contributed by atoms with E-state index in [0.717, 1.165) is 30.2 Å². The van der Waals surface area contributed by atoms with E-state index in [1.165, 1.54) is 19.3 Å². The Hall–Kier alpha value is -1.26. The van der Waals surface area contributed by atoms with Gasteiger partial charge >= 0.3 is 0 Å². The minimum absolute atomic E-state index is 0.0357. The molecule has 1 atom stereocenters. The van der Waals surface area contributed by atoms with Gasteiger partial charge in [0.25, 0.3) is 0 Å². The lowest BCUT2D eigenvalue weighted by atomic mass is 9.86. The van der Waals surface area contributed by atoms with E-state index in [1.54, 1.807) is 0 Å². The molecule has 116 valence electrons. The molecule has 3 rings (SSSR count). The summed E-state index contributed by atoms with van der Waals surface area (Å²) in [4.78, 5) is 2.53. The first kappa shape index (κ1) is 14.7. The number of nitrogens with zero attached hydrogens (tertiary/aromatic N) is 1. The van der Waals surface area contributed by atoms with Crippen molar-refractivity contribution in [2.45, 2.75) is 44.7 Å². The van der Waals surface area contributed by atoms with Crippen molar-refractivity contribution in [3.63, 3.8) is 0 Å². The van der Waals surface area contributed by atoms with Crippen LogP contribution in [0.5, 0.6) is 11.5 Å². The minimum Gasteiger partial charge on any atom is -0.486 e. The number of benzene rings is 1. The van der Waals surface area contributed by atoms with E-state index in [2.05, 4.69) is 24.8 Å². The van der Waals surface area contributed by atoms with Gasteiger partial charge in [0.15, 0.2) is 11.5 Å². The maximum absolute atomic E-state index is 6.60. The highest BCUT2D eigenvalue weighted by atomic mass is 16.6. The zero-order valence-electron chi connectivity index (χ0n) is 13.1. The van der Waals surface area contributed by atoms with Gasteiger partial charge in [0, 0.05) is 11.6 Å². The lowest BCUT2D eigenvalue weighted by Crippen LogP contribution is -2.53. The van der Waals surface area contributed by atoms with Crippen molar-refractivity contribution in [2.24, 2.45) is 5.73 Å². The number of piperidine rings is 1. The second-order valence-electron chi connectivity index (χ2n) is 6.58. The zero-order valence-corrected chi connectivity index (χ0v) is 13.1. The lowest BCUT2D eigenvalue weighted by Gasteiger charge is -2.45. The highest BCUT2D eigenvalue weighted by Gasteiger charge is 2.35. The third-order valence-electron chi connectivity index (χ3n) is 4.86. The van der Waals surface area contributed by atoms with Crippen LogP contribution in [0, 0.1) is 0 Å². The highest BCUT2D eigenvalue weighted by molar-refractivity contribution is 5.45. The minimum atomic E-state index is -0.0514. The predicted octanol–water partition coefficient (Wildman–Crippen LogP) is 2.72. The van der Waals surface area contributed by atoms with Crippen molar-refractivity contribution in [3.05, 3.63) is 23.8 Å². The standard InChI is InChI=1S/C17H26N2O2/c1-17(2,19-8-4-3-5-9-19)16(18)13-6-7-14-15(12-13)21-11-10-20-14/h6-7,12,16H,3-5,8-11,18H2,1-2H3. The first-order valence-electron chi connectivity index (χ1n) is 7.99. The van der Waals surface area contributed by atoms with Crippen LogP contribution in [0.3, 0.4) is 0 Å². The number of hydrogen-bond acceptors (Lipinski definition) is 4. The third-order valence-corrected chi connectivity index (χ3v) is 4.86. The summed E-state index contributed by atoms with van der Waals surface area (Å²) >= 11 is 0. The summed E-state index contributed by atoms with van der Waals surface area (Å²) in [6.07, 6.45) is 3.89. The summed E-state index contributed by atoms with van der Waals surface area (Å²) in [5.74, 6) is 1.65. The van der Waals surface area contributed by atoms with Crippen LogP contribution < -0.4 is 15.2 Å². The average molecular weight is 290 g/mol. The van der Waals surface area contributed by atoms with Crippen LogP contribution in [0.4, 0.5) is 0 Å². The van der Waals surface area contributed by atoms with Crippen LogP contribution in [-0.4, -0.2) is 36.7 Å². The van der Waals surface area contributed by atoms with E-state index in [-0.39, 0.29) is 11.6 Å². The normalized spacial score (nSPS) is 21.1. The van der Waals surface area contributed by atoms with Gasteiger partial charge in [-0.05, 0) is 57.5 Å². The van der Waals surface area contributed by atoms with Crippen LogP contribution in [0.1, 0.15) is 44.7 Å². The monoisotopic (exact) mass is 290 g/mol. The van der Waals surface area contributed by atoms with Crippen molar-refractivity contribution in [1.82, 2.24) is 4.90 Å². The first-order valence-corrected chi connectivity index (χ1v) is 7.99. The maximum Gasteiger partial charge on any atom is 0.161 e. The van der Waals surface area contributed by atoms with Crippen molar-refractivity contribution in [1.29, 1.82) is 0 Å². The molecule has 2 aliphatic heterocycles. The molecule has 1 unspecified atom stereocenters. The lowest BCUT2D eigenvalue weighted by molar-refractivity contribution is 0.0727. The molecule has 0 spiro atoms. The molecule has 2 heterocycles. The summed E-state index contributed by atoms with van der Waals surface area (Å²) in [7, 11) is 0. The molecule has 21 heavy (non-hydrogen) atoms. The Balaban J connectivity index is 1.81. The number of fused-ring (bicyclic) bond motifs is 1. The van der Waals surface area contributed by atoms with E-state index < -0.39 is 0 Å². The average Bonchev–Trinajstić information content (AvgIpc) is 2.54.